The average molecular weight is 229 g/mol. The van der Waals surface area contributed by atoms with Crippen LogP contribution in [0.2, 0.25) is 0 Å². The summed E-state index contributed by atoms with van der Waals surface area (Å²) in [6, 6.07) is 6.36. The van der Waals surface area contributed by atoms with Gasteiger partial charge in [-0.15, -0.1) is 0 Å². The lowest BCUT2D eigenvalue weighted by atomic mass is 10.1. The molecule has 0 aliphatic rings. The molecular formula is C8H11N3O3S. The van der Waals surface area contributed by atoms with Gasteiger partial charge in [-0.2, -0.15) is 8.42 Å². The summed E-state index contributed by atoms with van der Waals surface area (Å²) >= 11 is 0. The number of nitrogens with one attached hydrogen (secondary N) is 1. The fraction of sp³-hybridized carbons (Fsp3) is 0.125. The first kappa shape index (κ1) is 11.5. The Labute approximate surface area is 87.6 Å². The maximum Gasteiger partial charge on any atom is 0.296 e. The first-order valence-electron chi connectivity index (χ1n) is 4.02. The molecule has 0 amide bonds. The van der Waals surface area contributed by atoms with Crippen LogP contribution in [-0.4, -0.2) is 19.3 Å². The minimum absolute atomic E-state index is 0.318. The molecule has 0 saturated carbocycles. The van der Waals surface area contributed by atoms with E-state index in [0.717, 1.165) is 0 Å². The Kier molecular flexibility index (Phi) is 3.28. The van der Waals surface area contributed by atoms with Crippen LogP contribution in [-0.2, 0) is 10.2 Å². The fourth-order valence-electron chi connectivity index (χ4n) is 1.03. The van der Waals surface area contributed by atoms with Gasteiger partial charge in [0.2, 0.25) is 0 Å². The molecule has 0 heterocycles. The van der Waals surface area contributed by atoms with Crippen molar-refractivity contribution in [2.24, 2.45) is 10.3 Å². The summed E-state index contributed by atoms with van der Waals surface area (Å²) in [6.45, 7) is 1.59. The van der Waals surface area contributed by atoms with E-state index in [4.69, 9.17) is 10.3 Å². The Bertz CT molecular complexity index is 482. The molecule has 0 bridgehead atoms. The Balaban J connectivity index is 3.04. The van der Waals surface area contributed by atoms with Crippen molar-refractivity contribution < 1.29 is 13.6 Å². The second kappa shape index (κ2) is 4.28. The van der Waals surface area contributed by atoms with E-state index in [9.17, 15) is 8.42 Å². The minimum Gasteiger partial charge on any atom is -0.411 e. The summed E-state index contributed by atoms with van der Waals surface area (Å²) in [4.78, 5) is 0. The topological polar surface area (TPSA) is 105 Å². The van der Waals surface area contributed by atoms with Gasteiger partial charge in [0.25, 0.3) is 10.2 Å². The summed E-state index contributed by atoms with van der Waals surface area (Å²) in [6.07, 6.45) is 0. The van der Waals surface area contributed by atoms with Gasteiger partial charge < -0.3 is 5.21 Å². The molecule has 0 atom stereocenters. The monoisotopic (exact) mass is 229 g/mol. The van der Waals surface area contributed by atoms with Crippen LogP contribution in [0.3, 0.4) is 0 Å². The smallest absolute Gasteiger partial charge is 0.296 e. The van der Waals surface area contributed by atoms with Crippen molar-refractivity contribution in [1.29, 1.82) is 0 Å². The molecule has 1 aromatic carbocycles. The predicted octanol–water partition coefficient (Wildman–Crippen LogP) is 0.500. The third-order valence-corrected chi connectivity index (χ3v) is 2.21. The number of rotatable bonds is 3. The number of oxime groups is 1. The van der Waals surface area contributed by atoms with Crippen molar-refractivity contribution in [3.05, 3.63) is 29.8 Å². The number of hydrogen-bond acceptors (Lipinski definition) is 4. The first-order chi connectivity index (χ1) is 6.92. The Morgan fingerprint density at radius 1 is 1.53 bits per heavy atom. The van der Waals surface area contributed by atoms with Crippen LogP contribution in [0.15, 0.2) is 29.4 Å². The summed E-state index contributed by atoms with van der Waals surface area (Å²) in [5.41, 5.74) is 1.30. The van der Waals surface area contributed by atoms with Gasteiger partial charge in [0.1, 0.15) is 0 Å². The van der Waals surface area contributed by atoms with Crippen LogP contribution in [0, 0.1) is 0 Å². The second-order valence-electron chi connectivity index (χ2n) is 2.91. The summed E-state index contributed by atoms with van der Waals surface area (Å²) < 4.78 is 23.6. The quantitative estimate of drug-likeness (QED) is 0.399. The van der Waals surface area contributed by atoms with Crippen molar-refractivity contribution in [2.75, 3.05) is 4.72 Å². The zero-order chi connectivity index (χ0) is 11.5. The molecule has 0 fully saturated rings. The molecule has 15 heavy (non-hydrogen) atoms. The van der Waals surface area contributed by atoms with E-state index >= 15 is 0 Å². The lowest BCUT2D eigenvalue weighted by Gasteiger charge is -2.05. The van der Waals surface area contributed by atoms with Gasteiger partial charge in [-0.05, 0) is 19.1 Å². The molecule has 0 aliphatic carbocycles. The third-order valence-electron chi connectivity index (χ3n) is 1.69. The van der Waals surface area contributed by atoms with Crippen LogP contribution in [0.5, 0.6) is 0 Å². The number of nitrogens with two attached hydrogens (primary N) is 1. The van der Waals surface area contributed by atoms with Crippen LogP contribution in [0.4, 0.5) is 5.69 Å². The molecule has 0 aliphatic heterocycles. The largest absolute Gasteiger partial charge is 0.411 e. The molecule has 1 aromatic rings. The van der Waals surface area contributed by atoms with Crippen LogP contribution >= 0.6 is 0 Å². The van der Waals surface area contributed by atoms with Gasteiger partial charge in [0, 0.05) is 5.56 Å². The number of nitrogens with zero attached hydrogens (tertiary/aromatic N) is 1. The van der Waals surface area contributed by atoms with E-state index in [1.165, 1.54) is 6.07 Å². The fourth-order valence-corrected chi connectivity index (χ4v) is 1.49. The number of hydrogen-bond donors (Lipinski definition) is 3. The van der Waals surface area contributed by atoms with Gasteiger partial charge >= 0.3 is 0 Å². The first-order valence-corrected chi connectivity index (χ1v) is 5.56. The van der Waals surface area contributed by atoms with Crippen LogP contribution in [0.1, 0.15) is 12.5 Å². The summed E-state index contributed by atoms with van der Waals surface area (Å²) in [5.74, 6) is 0. The molecule has 82 valence electrons. The second-order valence-corrected chi connectivity index (χ2v) is 4.21. The Morgan fingerprint density at radius 3 is 2.73 bits per heavy atom. The highest BCUT2D eigenvalue weighted by atomic mass is 32.2. The molecule has 7 heteroatoms. The van der Waals surface area contributed by atoms with E-state index in [1.54, 1.807) is 25.1 Å². The van der Waals surface area contributed by atoms with Gasteiger partial charge in [-0.3, -0.25) is 4.72 Å². The van der Waals surface area contributed by atoms with Gasteiger partial charge in [0.15, 0.2) is 0 Å². The highest BCUT2D eigenvalue weighted by molar-refractivity contribution is 7.90. The lowest BCUT2D eigenvalue weighted by molar-refractivity contribution is 0.319. The van der Waals surface area contributed by atoms with Crippen LogP contribution < -0.4 is 9.86 Å². The molecule has 0 radical (unpaired) electrons. The highest BCUT2D eigenvalue weighted by Gasteiger charge is 2.04. The third kappa shape index (κ3) is 3.56. The van der Waals surface area contributed by atoms with Gasteiger partial charge in [0.05, 0.1) is 11.4 Å². The van der Waals surface area contributed by atoms with Crippen molar-refractivity contribution >= 4 is 21.6 Å². The van der Waals surface area contributed by atoms with Crippen molar-refractivity contribution in [1.82, 2.24) is 0 Å². The van der Waals surface area contributed by atoms with Gasteiger partial charge in [-0.1, -0.05) is 17.3 Å². The van der Waals surface area contributed by atoms with Crippen molar-refractivity contribution in [2.45, 2.75) is 6.92 Å². The van der Waals surface area contributed by atoms with Gasteiger partial charge in [-0.25, -0.2) is 5.14 Å². The van der Waals surface area contributed by atoms with Crippen LogP contribution in [0.25, 0.3) is 0 Å². The Hall–Kier alpha value is -1.60. The van der Waals surface area contributed by atoms with E-state index < -0.39 is 10.2 Å². The Morgan fingerprint density at radius 2 is 2.20 bits per heavy atom. The number of anilines is 1. The summed E-state index contributed by atoms with van der Waals surface area (Å²) in [7, 11) is -3.78. The SMILES string of the molecule is C/C(=N\O)c1cccc(NS(N)(=O)=O)c1. The van der Waals surface area contributed by atoms with Crippen molar-refractivity contribution in [3.8, 4) is 0 Å². The maximum absolute atomic E-state index is 10.7. The molecule has 0 saturated heterocycles. The van der Waals surface area contributed by atoms with E-state index in [2.05, 4.69) is 9.88 Å². The van der Waals surface area contributed by atoms with E-state index in [1.807, 2.05) is 0 Å². The summed E-state index contributed by atoms with van der Waals surface area (Å²) in [5, 5.41) is 16.3. The minimum atomic E-state index is -3.78. The van der Waals surface area contributed by atoms with E-state index in [-0.39, 0.29) is 0 Å². The maximum atomic E-state index is 10.7. The molecule has 1 rings (SSSR count). The normalized spacial score (nSPS) is 12.5. The zero-order valence-electron chi connectivity index (χ0n) is 8.01. The molecular weight excluding hydrogens is 218 g/mol. The average Bonchev–Trinajstić information content (AvgIpc) is 2.14. The lowest BCUT2D eigenvalue weighted by Crippen LogP contribution is -2.21. The molecule has 0 spiro atoms. The van der Waals surface area contributed by atoms with Crippen molar-refractivity contribution in [3.63, 3.8) is 0 Å². The molecule has 6 nitrogen and oxygen atoms in total. The standard InChI is InChI=1S/C8H11N3O3S/c1-6(10-12)7-3-2-4-8(5-7)11-15(9,13)14/h2-5,11-12H,1H3,(H2,9,13,14)/b10-6+. The zero-order valence-corrected chi connectivity index (χ0v) is 8.82. The highest BCUT2D eigenvalue weighted by Crippen LogP contribution is 2.12. The molecule has 0 aromatic heterocycles. The number of benzene rings is 1. The van der Waals surface area contributed by atoms with E-state index in [0.29, 0.717) is 17.0 Å². The molecule has 0 unspecified atom stereocenters. The molecule has 4 N–H and O–H groups in total. The predicted molar refractivity (Wildman–Crippen MR) is 57.2 cm³/mol.